The first-order valence-electron chi connectivity index (χ1n) is 10.9. The van der Waals surface area contributed by atoms with Crippen LogP contribution in [0.4, 0.5) is 5.69 Å². The number of benzene rings is 2. The van der Waals surface area contributed by atoms with Crippen LogP contribution in [0.2, 0.25) is 0 Å². The molecule has 1 heterocycles. The largest absolute Gasteiger partial charge is 0.342 e. The molecule has 29 heavy (non-hydrogen) atoms. The molecule has 1 saturated heterocycles. The van der Waals surface area contributed by atoms with Crippen molar-refractivity contribution in [2.75, 3.05) is 18.0 Å². The molecule has 152 valence electrons. The topological polar surface area (TPSA) is 40.6 Å². The first-order chi connectivity index (χ1) is 14.2. The Kier molecular flexibility index (Phi) is 6.28. The zero-order valence-corrected chi connectivity index (χ0v) is 17.1. The van der Waals surface area contributed by atoms with E-state index in [1.54, 1.807) is 0 Å². The minimum absolute atomic E-state index is 0.119. The van der Waals surface area contributed by atoms with Crippen LogP contribution in [0.1, 0.15) is 49.7 Å². The number of hydrogen-bond donors (Lipinski definition) is 0. The maximum Gasteiger partial charge on any atom is 0.230 e. The van der Waals surface area contributed by atoms with Crippen molar-refractivity contribution >= 4 is 17.5 Å². The van der Waals surface area contributed by atoms with Crippen molar-refractivity contribution in [3.05, 3.63) is 65.7 Å². The monoisotopic (exact) mass is 390 g/mol. The molecular formula is C25H30N2O2. The predicted octanol–water partition coefficient (Wildman–Crippen LogP) is 4.57. The number of hydrogen-bond acceptors (Lipinski definition) is 2. The summed E-state index contributed by atoms with van der Waals surface area (Å²) in [5, 5.41) is 0. The van der Waals surface area contributed by atoms with Gasteiger partial charge in [0.1, 0.15) is 0 Å². The van der Waals surface area contributed by atoms with Gasteiger partial charge in [-0.15, -0.1) is 0 Å². The lowest BCUT2D eigenvalue weighted by atomic mass is 10.0. The second-order valence-electron chi connectivity index (χ2n) is 8.33. The number of rotatable bonds is 6. The molecule has 0 radical (unpaired) electrons. The van der Waals surface area contributed by atoms with Gasteiger partial charge in [0.15, 0.2) is 0 Å². The van der Waals surface area contributed by atoms with Crippen molar-refractivity contribution in [3.63, 3.8) is 0 Å². The van der Waals surface area contributed by atoms with Crippen molar-refractivity contribution in [3.8, 4) is 0 Å². The summed E-state index contributed by atoms with van der Waals surface area (Å²) in [5.41, 5.74) is 3.01. The normalized spacial score (nSPS) is 16.9. The Morgan fingerprint density at radius 3 is 2.28 bits per heavy atom. The highest BCUT2D eigenvalue weighted by atomic mass is 16.2. The van der Waals surface area contributed by atoms with E-state index >= 15 is 0 Å². The van der Waals surface area contributed by atoms with Crippen LogP contribution >= 0.6 is 0 Å². The molecular weight excluding hydrogens is 360 g/mol. The van der Waals surface area contributed by atoms with E-state index in [1.807, 2.05) is 52.3 Å². The molecule has 4 nitrogen and oxygen atoms in total. The molecule has 4 heteroatoms. The van der Waals surface area contributed by atoms with Gasteiger partial charge in [-0.25, -0.2) is 0 Å². The van der Waals surface area contributed by atoms with Crippen LogP contribution in [0.25, 0.3) is 0 Å². The Morgan fingerprint density at radius 1 is 0.862 bits per heavy atom. The second-order valence-corrected chi connectivity index (χ2v) is 8.33. The third-order valence-corrected chi connectivity index (χ3v) is 6.19. The molecule has 2 aromatic rings. The summed E-state index contributed by atoms with van der Waals surface area (Å²) in [5.74, 6) is 0.527. The van der Waals surface area contributed by atoms with E-state index in [4.69, 9.17) is 0 Å². The first-order valence-corrected chi connectivity index (χ1v) is 10.9. The van der Waals surface area contributed by atoms with E-state index in [9.17, 15) is 9.59 Å². The molecule has 2 aromatic carbocycles. The zero-order chi connectivity index (χ0) is 20.1. The van der Waals surface area contributed by atoms with Gasteiger partial charge in [-0.3, -0.25) is 9.59 Å². The highest BCUT2D eigenvalue weighted by molar-refractivity contribution is 5.95. The maximum atomic E-state index is 13.3. The van der Waals surface area contributed by atoms with Gasteiger partial charge in [-0.2, -0.15) is 0 Å². The first kappa shape index (κ1) is 19.7. The van der Waals surface area contributed by atoms with Gasteiger partial charge in [0.2, 0.25) is 11.8 Å². The summed E-state index contributed by atoms with van der Waals surface area (Å²) in [6.45, 7) is 2.32. The fourth-order valence-corrected chi connectivity index (χ4v) is 4.54. The molecule has 0 aromatic heterocycles. The van der Waals surface area contributed by atoms with Crippen LogP contribution in [0, 0.1) is 5.92 Å². The fourth-order valence-electron chi connectivity index (χ4n) is 4.54. The Bertz CT molecular complexity index is 837. The van der Waals surface area contributed by atoms with Crippen molar-refractivity contribution < 1.29 is 9.59 Å². The van der Waals surface area contributed by atoms with Crippen LogP contribution in [-0.2, 0) is 22.6 Å². The lowest BCUT2D eigenvalue weighted by Crippen LogP contribution is -2.35. The summed E-state index contributed by atoms with van der Waals surface area (Å²) < 4.78 is 0. The molecule has 1 saturated carbocycles. The molecule has 4 rings (SSSR count). The van der Waals surface area contributed by atoms with Gasteiger partial charge >= 0.3 is 0 Å². The lowest BCUT2D eigenvalue weighted by molar-refractivity contribution is -0.129. The number of amides is 2. The highest BCUT2D eigenvalue weighted by Gasteiger charge is 2.28. The second kappa shape index (κ2) is 9.25. The molecule has 2 fully saturated rings. The Labute approximate surface area is 173 Å². The van der Waals surface area contributed by atoms with Gasteiger partial charge < -0.3 is 9.80 Å². The minimum Gasteiger partial charge on any atom is -0.342 e. The van der Waals surface area contributed by atoms with Crippen LogP contribution in [0.5, 0.6) is 0 Å². The standard InChI is InChI=1S/C25H30N2O2/c28-24(26-15-6-7-16-26)18-21-11-8-14-23(17-21)27(19-20-9-2-1-3-10-20)25(29)22-12-4-5-13-22/h1-3,8-11,14,17,22H,4-7,12-13,15-16,18-19H2. The number of carbonyl (C=O) groups excluding carboxylic acids is 2. The molecule has 0 spiro atoms. The SMILES string of the molecule is O=C(Cc1cccc(N(Cc2ccccc2)C(=O)C2CCCC2)c1)N1CCCC1. The average molecular weight is 391 g/mol. The van der Waals surface area contributed by atoms with E-state index in [-0.39, 0.29) is 17.7 Å². The van der Waals surface area contributed by atoms with Crippen LogP contribution in [-0.4, -0.2) is 29.8 Å². The third-order valence-electron chi connectivity index (χ3n) is 6.19. The third kappa shape index (κ3) is 4.87. The molecule has 0 unspecified atom stereocenters. The Balaban J connectivity index is 1.56. The van der Waals surface area contributed by atoms with Crippen molar-refractivity contribution in [2.45, 2.75) is 51.5 Å². The van der Waals surface area contributed by atoms with Gasteiger partial charge in [-0.1, -0.05) is 55.3 Å². The van der Waals surface area contributed by atoms with Gasteiger partial charge in [0.25, 0.3) is 0 Å². The highest BCUT2D eigenvalue weighted by Crippen LogP contribution is 2.30. The number of carbonyl (C=O) groups is 2. The summed E-state index contributed by atoms with van der Waals surface area (Å²) in [6.07, 6.45) is 6.86. The molecule has 2 aliphatic rings. The van der Waals surface area contributed by atoms with Crippen LogP contribution in [0.15, 0.2) is 54.6 Å². The quantitative estimate of drug-likeness (QED) is 0.725. The number of nitrogens with zero attached hydrogens (tertiary/aromatic N) is 2. The number of likely N-dealkylation sites (tertiary alicyclic amines) is 1. The maximum absolute atomic E-state index is 13.3. The van der Waals surface area contributed by atoms with Crippen LogP contribution < -0.4 is 4.90 Å². The van der Waals surface area contributed by atoms with E-state index in [0.29, 0.717) is 13.0 Å². The summed E-state index contributed by atoms with van der Waals surface area (Å²) in [6, 6.07) is 18.2. The molecule has 0 bridgehead atoms. The summed E-state index contributed by atoms with van der Waals surface area (Å²) in [7, 11) is 0. The molecule has 0 atom stereocenters. The van der Waals surface area contributed by atoms with Crippen molar-refractivity contribution in [2.24, 2.45) is 5.92 Å². The molecule has 1 aliphatic carbocycles. The predicted molar refractivity (Wildman–Crippen MR) is 116 cm³/mol. The summed E-state index contributed by atoms with van der Waals surface area (Å²) in [4.78, 5) is 29.8. The fraction of sp³-hybridized carbons (Fsp3) is 0.440. The summed E-state index contributed by atoms with van der Waals surface area (Å²) >= 11 is 0. The number of anilines is 1. The van der Waals surface area contributed by atoms with Gasteiger partial charge in [-0.05, 0) is 48.9 Å². The minimum atomic E-state index is 0.119. The Hall–Kier alpha value is -2.62. The van der Waals surface area contributed by atoms with Crippen LogP contribution in [0.3, 0.4) is 0 Å². The molecule has 0 N–H and O–H groups in total. The van der Waals surface area contributed by atoms with Gasteiger partial charge in [0.05, 0.1) is 13.0 Å². The lowest BCUT2D eigenvalue weighted by Gasteiger charge is -2.26. The van der Waals surface area contributed by atoms with Gasteiger partial charge in [0, 0.05) is 24.7 Å². The van der Waals surface area contributed by atoms with E-state index in [1.165, 1.54) is 0 Å². The van der Waals surface area contributed by atoms with Crippen molar-refractivity contribution in [1.29, 1.82) is 0 Å². The van der Waals surface area contributed by atoms with E-state index in [0.717, 1.165) is 68.4 Å². The van der Waals surface area contributed by atoms with E-state index in [2.05, 4.69) is 12.1 Å². The zero-order valence-electron chi connectivity index (χ0n) is 17.1. The smallest absolute Gasteiger partial charge is 0.230 e. The Morgan fingerprint density at radius 2 is 1.55 bits per heavy atom. The molecule has 2 amide bonds. The molecule has 1 aliphatic heterocycles. The van der Waals surface area contributed by atoms with Crippen molar-refractivity contribution in [1.82, 2.24) is 4.90 Å². The average Bonchev–Trinajstić information content (AvgIpc) is 3.47. The van der Waals surface area contributed by atoms with E-state index < -0.39 is 0 Å².